The lowest BCUT2D eigenvalue weighted by Crippen LogP contribution is -2.59. The lowest BCUT2D eigenvalue weighted by atomic mass is 9.76. The summed E-state index contributed by atoms with van der Waals surface area (Å²) >= 11 is 0. The molecule has 0 aliphatic heterocycles. The number of hydrogen-bond donors (Lipinski definition) is 3. The van der Waals surface area contributed by atoms with Crippen LogP contribution in [0.5, 0.6) is 0 Å². The number of carbonyl (C=O) groups excluding carboxylic acids is 1. The first-order valence-corrected chi connectivity index (χ1v) is 7.52. The Morgan fingerprint density at radius 1 is 1.30 bits per heavy atom. The van der Waals surface area contributed by atoms with Crippen LogP contribution in [-0.2, 0) is 4.79 Å². The highest BCUT2D eigenvalue weighted by Crippen LogP contribution is 2.34. The third kappa shape index (κ3) is 2.96. The second kappa shape index (κ2) is 5.53. The molecule has 3 rings (SSSR count). The van der Waals surface area contributed by atoms with E-state index in [0.29, 0.717) is 18.5 Å². The molecule has 0 atom stereocenters. The minimum absolute atomic E-state index is 0.0885. The van der Waals surface area contributed by atoms with Crippen LogP contribution in [0.2, 0.25) is 0 Å². The van der Waals surface area contributed by atoms with Crippen molar-refractivity contribution in [3.05, 3.63) is 33.9 Å². The number of benzene rings is 1. The average molecular weight is 319 g/mol. The van der Waals surface area contributed by atoms with Gasteiger partial charge in [-0.1, -0.05) is 0 Å². The number of nitrogens with one attached hydrogen (secondary N) is 2. The Morgan fingerprint density at radius 3 is 2.48 bits per heavy atom. The van der Waals surface area contributed by atoms with Gasteiger partial charge in [-0.15, -0.1) is 0 Å². The Hall–Kier alpha value is -2.64. The number of rotatable bonds is 6. The molecule has 1 aromatic rings. The minimum Gasteiger partial charge on any atom is -0.480 e. The van der Waals surface area contributed by atoms with E-state index in [0.717, 1.165) is 19.3 Å². The Labute approximate surface area is 132 Å². The third-order valence-electron chi connectivity index (χ3n) is 4.36. The minimum atomic E-state index is -1.24. The molecule has 2 fully saturated rings. The molecular weight excluding hydrogens is 302 g/mol. The van der Waals surface area contributed by atoms with Gasteiger partial charge in [-0.25, -0.2) is 4.79 Å². The van der Waals surface area contributed by atoms with E-state index in [1.807, 2.05) is 0 Å². The number of nitrogens with zero attached hydrogens (tertiary/aromatic N) is 1. The molecule has 0 unspecified atom stereocenters. The van der Waals surface area contributed by atoms with Crippen LogP contribution in [0.15, 0.2) is 18.2 Å². The molecule has 3 N–H and O–H groups in total. The molecule has 8 nitrogen and oxygen atoms in total. The number of carboxylic acids is 1. The fourth-order valence-electron chi connectivity index (χ4n) is 2.61. The number of hydrogen-bond acceptors (Lipinski definition) is 5. The molecule has 0 radical (unpaired) electrons. The van der Waals surface area contributed by atoms with E-state index in [1.165, 1.54) is 18.2 Å². The van der Waals surface area contributed by atoms with E-state index in [2.05, 4.69) is 10.6 Å². The summed E-state index contributed by atoms with van der Waals surface area (Å²) in [6.07, 6.45) is 3.42. The molecular formula is C15H17N3O5. The number of anilines is 1. The fourth-order valence-corrected chi connectivity index (χ4v) is 2.61. The highest BCUT2D eigenvalue weighted by atomic mass is 16.6. The molecule has 2 aliphatic rings. The van der Waals surface area contributed by atoms with Crippen LogP contribution in [0.4, 0.5) is 11.4 Å². The second-order valence-corrected chi connectivity index (χ2v) is 6.10. The van der Waals surface area contributed by atoms with Crippen molar-refractivity contribution in [2.24, 2.45) is 0 Å². The van der Waals surface area contributed by atoms with Gasteiger partial charge in [0.25, 0.3) is 11.6 Å². The maximum atomic E-state index is 12.3. The van der Waals surface area contributed by atoms with Gasteiger partial charge in [-0.05, 0) is 44.2 Å². The largest absolute Gasteiger partial charge is 0.480 e. The Kier molecular flexibility index (Phi) is 3.67. The first kappa shape index (κ1) is 15.3. The third-order valence-corrected chi connectivity index (χ3v) is 4.36. The maximum Gasteiger partial charge on any atom is 0.329 e. The SMILES string of the molecule is O=C(NC1(C(=O)O)CCC1)c1ccc(NC2CC2)c([N+](=O)[O-])c1. The van der Waals surface area contributed by atoms with Gasteiger partial charge in [0, 0.05) is 17.7 Å². The lowest BCUT2D eigenvalue weighted by molar-refractivity contribution is -0.384. The maximum absolute atomic E-state index is 12.3. The standard InChI is InChI=1S/C15H17N3O5/c19-13(17-15(14(20)21)6-1-7-15)9-2-5-11(16-10-3-4-10)12(8-9)18(22)23/h2,5,8,10,16H,1,3-4,6-7H2,(H,17,19)(H,20,21). The molecule has 0 heterocycles. The van der Waals surface area contributed by atoms with Gasteiger partial charge in [0.15, 0.2) is 0 Å². The first-order chi connectivity index (χ1) is 10.9. The summed E-state index contributed by atoms with van der Waals surface area (Å²) in [5, 5.41) is 26.0. The van der Waals surface area contributed by atoms with Crippen molar-refractivity contribution < 1.29 is 19.6 Å². The second-order valence-electron chi connectivity index (χ2n) is 6.10. The molecule has 0 aromatic heterocycles. The van der Waals surface area contributed by atoms with Crippen molar-refractivity contribution >= 4 is 23.3 Å². The quantitative estimate of drug-likeness (QED) is 0.544. The van der Waals surface area contributed by atoms with E-state index in [4.69, 9.17) is 0 Å². The van der Waals surface area contributed by atoms with Gasteiger partial charge in [0.2, 0.25) is 0 Å². The van der Waals surface area contributed by atoms with Crippen LogP contribution >= 0.6 is 0 Å². The summed E-state index contributed by atoms with van der Waals surface area (Å²) in [4.78, 5) is 34.2. The fraction of sp³-hybridized carbons (Fsp3) is 0.467. The molecule has 1 amide bonds. The Bertz CT molecular complexity index is 680. The first-order valence-electron chi connectivity index (χ1n) is 7.52. The van der Waals surface area contributed by atoms with Crippen LogP contribution in [-0.4, -0.2) is 33.5 Å². The monoisotopic (exact) mass is 319 g/mol. The van der Waals surface area contributed by atoms with Gasteiger partial charge >= 0.3 is 5.97 Å². The zero-order valence-corrected chi connectivity index (χ0v) is 12.4. The average Bonchev–Trinajstić information content (AvgIpc) is 3.26. The number of carboxylic acid groups (broad SMARTS) is 1. The number of amides is 1. The topological polar surface area (TPSA) is 122 Å². The Balaban J connectivity index is 1.81. The van der Waals surface area contributed by atoms with E-state index in [-0.39, 0.29) is 17.3 Å². The molecule has 1 aromatic carbocycles. The zero-order chi connectivity index (χ0) is 16.6. The molecule has 122 valence electrons. The summed E-state index contributed by atoms with van der Waals surface area (Å²) in [7, 11) is 0. The number of nitro groups is 1. The number of carbonyl (C=O) groups is 2. The van der Waals surface area contributed by atoms with Crippen LogP contribution in [0.25, 0.3) is 0 Å². The lowest BCUT2D eigenvalue weighted by Gasteiger charge is -2.38. The zero-order valence-electron chi connectivity index (χ0n) is 12.4. The van der Waals surface area contributed by atoms with Crippen molar-refractivity contribution in [3.63, 3.8) is 0 Å². The van der Waals surface area contributed by atoms with Crippen molar-refractivity contribution in [3.8, 4) is 0 Å². The molecule has 23 heavy (non-hydrogen) atoms. The van der Waals surface area contributed by atoms with Crippen molar-refractivity contribution in [1.29, 1.82) is 0 Å². The van der Waals surface area contributed by atoms with E-state index in [1.54, 1.807) is 0 Å². The van der Waals surface area contributed by atoms with Crippen molar-refractivity contribution in [2.45, 2.75) is 43.7 Å². The van der Waals surface area contributed by atoms with Crippen molar-refractivity contribution in [2.75, 3.05) is 5.32 Å². The highest BCUT2D eigenvalue weighted by molar-refractivity contribution is 5.99. The molecule has 0 saturated heterocycles. The van der Waals surface area contributed by atoms with Crippen LogP contribution in [0, 0.1) is 10.1 Å². The van der Waals surface area contributed by atoms with Crippen LogP contribution in [0.3, 0.4) is 0 Å². The molecule has 0 spiro atoms. The van der Waals surface area contributed by atoms with Gasteiger partial charge < -0.3 is 15.7 Å². The summed E-state index contributed by atoms with van der Waals surface area (Å²) < 4.78 is 0. The summed E-state index contributed by atoms with van der Waals surface area (Å²) in [5.41, 5.74) is -0.949. The summed E-state index contributed by atoms with van der Waals surface area (Å²) in [6.45, 7) is 0. The van der Waals surface area contributed by atoms with Gasteiger partial charge in [-0.2, -0.15) is 0 Å². The molecule has 0 bridgehead atoms. The van der Waals surface area contributed by atoms with Gasteiger partial charge in [-0.3, -0.25) is 14.9 Å². The van der Waals surface area contributed by atoms with Gasteiger partial charge in [0.1, 0.15) is 11.2 Å². The number of aliphatic carboxylic acids is 1. The normalized spacial score (nSPS) is 18.6. The Morgan fingerprint density at radius 2 is 2.00 bits per heavy atom. The molecule has 8 heteroatoms. The predicted molar refractivity (Wildman–Crippen MR) is 81.4 cm³/mol. The van der Waals surface area contributed by atoms with E-state index in [9.17, 15) is 24.8 Å². The molecule has 2 aliphatic carbocycles. The van der Waals surface area contributed by atoms with Crippen LogP contribution < -0.4 is 10.6 Å². The van der Waals surface area contributed by atoms with E-state index < -0.39 is 22.3 Å². The summed E-state index contributed by atoms with van der Waals surface area (Å²) in [5.74, 6) is -1.67. The highest BCUT2D eigenvalue weighted by Gasteiger charge is 2.45. The molecule has 2 saturated carbocycles. The predicted octanol–water partition coefficient (Wildman–Crippen LogP) is 1.91. The van der Waals surface area contributed by atoms with Crippen LogP contribution in [0.1, 0.15) is 42.5 Å². The smallest absolute Gasteiger partial charge is 0.329 e. The van der Waals surface area contributed by atoms with E-state index >= 15 is 0 Å². The number of nitro benzene ring substituents is 1. The summed E-state index contributed by atoms with van der Waals surface area (Å²) in [6, 6.07) is 4.41. The van der Waals surface area contributed by atoms with Gasteiger partial charge in [0.05, 0.1) is 4.92 Å². The van der Waals surface area contributed by atoms with Crippen molar-refractivity contribution in [1.82, 2.24) is 5.32 Å².